The highest BCUT2D eigenvalue weighted by Gasteiger charge is 2.05. The van der Waals surface area contributed by atoms with E-state index in [1.807, 2.05) is 0 Å². The lowest BCUT2D eigenvalue weighted by molar-refractivity contribution is -0.121. The van der Waals surface area contributed by atoms with Gasteiger partial charge in [-0.05, 0) is 0 Å². The lowest BCUT2D eigenvalue weighted by Crippen LogP contribution is -2.20. The van der Waals surface area contributed by atoms with Gasteiger partial charge in [0, 0.05) is 19.4 Å². The van der Waals surface area contributed by atoms with E-state index in [0.717, 1.165) is 0 Å². The van der Waals surface area contributed by atoms with Crippen LogP contribution in [0.25, 0.3) is 0 Å². The number of aromatic nitrogens is 1. The lowest BCUT2D eigenvalue weighted by Gasteiger charge is -2.06. The van der Waals surface area contributed by atoms with Gasteiger partial charge < -0.3 is 14.8 Å². The fraction of sp³-hybridized carbons (Fsp3) is 0.400. The second kappa shape index (κ2) is 7.45. The average molecular weight is 279 g/mol. The van der Waals surface area contributed by atoms with Crippen molar-refractivity contribution >= 4 is 34.9 Å². The number of anilines is 1. The second-order valence-electron chi connectivity index (χ2n) is 3.08. The summed E-state index contributed by atoms with van der Waals surface area (Å²) in [6.07, 6.45) is 1.37. The van der Waals surface area contributed by atoms with Crippen LogP contribution < -0.4 is 5.32 Å². The Morgan fingerprint density at radius 2 is 2.18 bits per heavy atom. The maximum atomic E-state index is 11.4. The molecule has 1 heterocycles. The highest BCUT2D eigenvalue weighted by atomic mass is 35.5. The number of amides is 1. The monoisotopic (exact) mass is 278 g/mol. The Kier molecular flexibility index (Phi) is 6.21. The minimum absolute atomic E-state index is 0.0642. The summed E-state index contributed by atoms with van der Waals surface area (Å²) >= 11 is 11.5. The summed E-state index contributed by atoms with van der Waals surface area (Å²) in [7, 11) is 1.56. The summed E-state index contributed by atoms with van der Waals surface area (Å²) in [5, 5.41) is 3.19. The van der Waals surface area contributed by atoms with E-state index in [4.69, 9.17) is 32.7 Å². The standard InChI is InChI=1S/C10H12Cl2N2O3/c1-16-2-3-17-6-10(15)14-9-4-7(11)8(12)5-13-9/h4-5H,2-3,6H2,1H3,(H,13,14,15). The predicted octanol–water partition coefficient (Wildman–Crippen LogP) is 1.99. The number of rotatable bonds is 6. The number of nitrogens with one attached hydrogen (secondary N) is 1. The molecule has 0 unspecified atom stereocenters. The first-order valence-electron chi connectivity index (χ1n) is 4.81. The maximum Gasteiger partial charge on any atom is 0.251 e. The molecule has 0 spiro atoms. The fourth-order valence-electron chi connectivity index (χ4n) is 0.969. The molecule has 0 aliphatic rings. The van der Waals surface area contributed by atoms with Gasteiger partial charge in [0.05, 0.1) is 23.3 Å². The summed E-state index contributed by atoms with van der Waals surface area (Å²) in [6, 6.07) is 1.47. The number of ether oxygens (including phenoxy) is 2. The minimum atomic E-state index is -0.313. The van der Waals surface area contributed by atoms with Crippen LogP contribution in [0.4, 0.5) is 5.82 Å². The van der Waals surface area contributed by atoms with Crippen molar-refractivity contribution in [3.63, 3.8) is 0 Å². The van der Waals surface area contributed by atoms with Crippen molar-refractivity contribution in [1.29, 1.82) is 0 Å². The van der Waals surface area contributed by atoms with Gasteiger partial charge in [-0.1, -0.05) is 23.2 Å². The molecule has 0 saturated heterocycles. The Bertz CT molecular complexity index is 388. The molecule has 1 aromatic rings. The van der Waals surface area contributed by atoms with Crippen LogP contribution in [0.2, 0.25) is 10.0 Å². The zero-order valence-corrected chi connectivity index (χ0v) is 10.7. The normalized spacial score (nSPS) is 10.3. The SMILES string of the molecule is COCCOCC(=O)Nc1cc(Cl)c(Cl)cn1. The molecule has 17 heavy (non-hydrogen) atoms. The van der Waals surface area contributed by atoms with Gasteiger partial charge in [-0.3, -0.25) is 4.79 Å². The van der Waals surface area contributed by atoms with Crippen molar-refractivity contribution in [2.24, 2.45) is 0 Å². The molecule has 0 aliphatic carbocycles. The minimum Gasteiger partial charge on any atom is -0.382 e. The molecule has 1 aromatic heterocycles. The van der Waals surface area contributed by atoms with Gasteiger partial charge in [0.15, 0.2) is 0 Å². The first-order chi connectivity index (χ1) is 8.13. The zero-order valence-electron chi connectivity index (χ0n) is 9.20. The molecule has 94 valence electrons. The van der Waals surface area contributed by atoms with Gasteiger partial charge in [0.2, 0.25) is 0 Å². The first kappa shape index (κ1) is 14.2. The number of pyridine rings is 1. The van der Waals surface area contributed by atoms with Gasteiger partial charge in [-0.2, -0.15) is 0 Å². The summed E-state index contributed by atoms with van der Waals surface area (Å²) in [5.41, 5.74) is 0. The quantitative estimate of drug-likeness (QED) is 0.809. The molecule has 0 aliphatic heterocycles. The van der Waals surface area contributed by atoms with Crippen LogP contribution in [0.3, 0.4) is 0 Å². The number of methoxy groups -OCH3 is 1. The predicted molar refractivity (Wildman–Crippen MR) is 65.6 cm³/mol. The molecule has 0 saturated carbocycles. The Balaban J connectivity index is 2.37. The molecule has 0 bridgehead atoms. The van der Waals surface area contributed by atoms with Gasteiger partial charge in [-0.15, -0.1) is 0 Å². The van der Waals surface area contributed by atoms with Gasteiger partial charge in [0.1, 0.15) is 12.4 Å². The van der Waals surface area contributed by atoms with Gasteiger partial charge in [-0.25, -0.2) is 4.98 Å². The molecular weight excluding hydrogens is 267 g/mol. The second-order valence-corrected chi connectivity index (χ2v) is 3.89. The van der Waals surface area contributed by atoms with Crippen LogP contribution in [-0.2, 0) is 14.3 Å². The average Bonchev–Trinajstić information content (AvgIpc) is 2.30. The Labute approximate surface area is 109 Å². The van der Waals surface area contributed by atoms with Crippen molar-refractivity contribution < 1.29 is 14.3 Å². The van der Waals surface area contributed by atoms with E-state index < -0.39 is 0 Å². The number of nitrogens with zero attached hydrogens (tertiary/aromatic N) is 1. The number of hydrogen-bond acceptors (Lipinski definition) is 4. The highest BCUT2D eigenvalue weighted by molar-refractivity contribution is 6.42. The molecule has 1 amide bonds. The number of hydrogen-bond donors (Lipinski definition) is 1. The van der Waals surface area contributed by atoms with Crippen molar-refractivity contribution in [2.45, 2.75) is 0 Å². The molecule has 0 fully saturated rings. The van der Waals surface area contributed by atoms with Crippen molar-refractivity contribution in [3.8, 4) is 0 Å². The fourth-order valence-corrected chi connectivity index (χ4v) is 1.22. The summed E-state index contributed by atoms with van der Waals surface area (Å²) in [5.74, 6) is 0.0201. The highest BCUT2D eigenvalue weighted by Crippen LogP contribution is 2.22. The zero-order chi connectivity index (χ0) is 12.7. The smallest absolute Gasteiger partial charge is 0.251 e. The van der Waals surface area contributed by atoms with Crippen LogP contribution in [0, 0.1) is 0 Å². The van der Waals surface area contributed by atoms with Crippen molar-refractivity contribution in [2.75, 3.05) is 32.2 Å². The van der Waals surface area contributed by atoms with Crippen LogP contribution in [0.15, 0.2) is 12.3 Å². The molecule has 1 rings (SSSR count). The van der Waals surface area contributed by atoms with Crippen LogP contribution in [0.5, 0.6) is 0 Å². The summed E-state index contributed by atoms with van der Waals surface area (Å²) < 4.78 is 9.81. The molecule has 5 nitrogen and oxygen atoms in total. The van der Waals surface area contributed by atoms with Crippen molar-refractivity contribution in [1.82, 2.24) is 4.98 Å². The molecule has 1 N–H and O–H groups in total. The third kappa shape index (κ3) is 5.32. The largest absolute Gasteiger partial charge is 0.382 e. The van der Waals surface area contributed by atoms with E-state index >= 15 is 0 Å². The molecular formula is C10H12Cl2N2O3. The Hall–Kier alpha value is -0.880. The van der Waals surface area contributed by atoms with E-state index in [1.54, 1.807) is 7.11 Å². The molecule has 0 radical (unpaired) electrons. The third-order valence-electron chi connectivity index (χ3n) is 1.74. The van der Waals surface area contributed by atoms with Crippen LogP contribution >= 0.6 is 23.2 Å². The Morgan fingerprint density at radius 3 is 2.82 bits per heavy atom. The number of carbonyl (C=O) groups excluding carboxylic acids is 1. The van der Waals surface area contributed by atoms with E-state index in [-0.39, 0.29) is 12.5 Å². The first-order valence-corrected chi connectivity index (χ1v) is 5.56. The van der Waals surface area contributed by atoms with Gasteiger partial charge >= 0.3 is 0 Å². The topological polar surface area (TPSA) is 60.5 Å². The number of halogens is 2. The molecule has 0 atom stereocenters. The Morgan fingerprint density at radius 1 is 1.41 bits per heavy atom. The summed E-state index contributed by atoms with van der Waals surface area (Å²) in [6.45, 7) is 0.738. The van der Waals surface area contributed by atoms with E-state index in [2.05, 4.69) is 10.3 Å². The van der Waals surface area contributed by atoms with Gasteiger partial charge in [0.25, 0.3) is 5.91 Å². The maximum absolute atomic E-state index is 11.4. The van der Waals surface area contributed by atoms with Crippen LogP contribution in [0.1, 0.15) is 0 Å². The molecule has 7 heteroatoms. The summed E-state index contributed by atoms with van der Waals surface area (Å²) in [4.78, 5) is 15.3. The van der Waals surface area contributed by atoms with E-state index in [0.29, 0.717) is 29.1 Å². The number of carbonyl (C=O) groups is 1. The molecule has 0 aromatic carbocycles. The van der Waals surface area contributed by atoms with E-state index in [1.165, 1.54) is 12.3 Å². The third-order valence-corrected chi connectivity index (χ3v) is 2.45. The van der Waals surface area contributed by atoms with Crippen LogP contribution in [-0.4, -0.2) is 37.8 Å². The van der Waals surface area contributed by atoms with Crippen molar-refractivity contribution in [3.05, 3.63) is 22.3 Å². The lowest BCUT2D eigenvalue weighted by atomic mass is 10.4. The van der Waals surface area contributed by atoms with E-state index in [9.17, 15) is 4.79 Å².